The van der Waals surface area contributed by atoms with Gasteiger partial charge in [-0.15, -0.1) is 13.2 Å². The molecule has 1 rings (SSSR count). The van der Waals surface area contributed by atoms with Gasteiger partial charge in [-0.1, -0.05) is 0 Å². The van der Waals surface area contributed by atoms with Gasteiger partial charge in [-0.05, 0) is 0 Å². The zero-order chi connectivity index (χ0) is 8.32. The fraction of sp³-hybridized carbons (Fsp3) is 0.250. The number of hydrogen-bond donors (Lipinski definition) is 0. The minimum atomic E-state index is -4.75. The summed E-state index contributed by atoms with van der Waals surface area (Å²) in [7, 11) is 0. The summed E-state index contributed by atoms with van der Waals surface area (Å²) in [4.78, 5) is 9.51. The Morgan fingerprint density at radius 3 is 2.18 bits per heavy atom. The molecular weight excluding hydrogens is 163 g/mol. The molecule has 0 radical (unpaired) electrons. The van der Waals surface area contributed by atoms with Crippen molar-refractivity contribution in [2.24, 2.45) is 0 Å². The number of hydrogen-bond acceptors (Lipinski definition) is 4. The lowest BCUT2D eigenvalue weighted by molar-refractivity contribution is -0.277. The van der Waals surface area contributed by atoms with Gasteiger partial charge in [-0.25, -0.2) is 4.98 Å². The topological polar surface area (TPSA) is 47.9 Å². The molecule has 0 saturated heterocycles. The zero-order valence-corrected chi connectivity index (χ0v) is 5.04. The first-order valence-electron chi connectivity index (χ1n) is 2.46. The van der Waals surface area contributed by atoms with Crippen molar-refractivity contribution in [1.29, 1.82) is 0 Å². The molecule has 0 aliphatic heterocycles. The van der Waals surface area contributed by atoms with Gasteiger partial charge in [0.05, 0.1) is 0 Å². The molecule has 11 heavy (non-hydrogen) atoms. The molecule has 0 unspecified atom stereocenters. The standard InChI is InChI=1S/C4H2F3N3O/c5-4(6,7)11-3-9-1-8-2-10-3/h1-2H. The van der Waals surface area contributed by atoms with E-state index in [1.807, 2.05) is 0 Å². The van der Waals surface area contributed by atoms with Crippen molar-refractivity contribution >= 4 is 0 Å². The average molecular weight is 165 g/mol. The first kappa shape index (κ1) is 7.70. The van der Waals surface area contributed by atoms with Crippen molar-refractivity contribution in [3.8, 4) is 6.01 Å². The van der Waals surface area contributed by atoms with Crippen LogP contribution in [0.25, 0.3) is 0 Å². The van der Waals surface area contributed by atoms with Crippen LogP contribution >= 0.6 is 0 Å². The van der Waals surface area contributed by atoms with Crippen molar-refractivity contribution in [3.63, 3.8) is 0 Å². The molecule has 0 N–H and O–H groups in total. The molecule has 1 aromatic rings. The van der Waals surface area contributed by atoms with Gasteiger partial charge in [0.15, 0.2) is 0 Å². The molecule has 0 aliphatic rings. The first-order chi connectivity index (χ1) is 5.08. The second-order valence-electron chi connectivity index (χ2n) is 1.47. The van der Waals surface area contributed by atoms with Crippen LogP contribution in [0.3, 0.4) is 0 Å². The van der Waals surface area contributed by atoms with Crippen LogP contribution in [0.15, 0.2) is 12.7 Å². The lowest BCUT2D eigenvalue weighted by Gasteiger charge is -2.04. The van der Waals surface area contributed by atoms with Crippen molar-refractivity contribution in [2.45, 2.75) is 6.36 Å². The lowest BCUT2D eigenvalue weighted by Crippen LogP contribution is -2.18. The number of ether oxygens (including phenoxy) is 1. The molecule has 1 heterocycles. The maximum Gasteiger partial charge on any atom is 0.575 e. The maximum absolute atomic E-state index is 11.4. The Balaban J connectivity index is 2.66. The van der Waals surface area contributed by atoms with Crippen LogP contribution in [0.2, 0.25) is 0 Å². The highest BCUT2D eigenvalue weighted by atomic mass is 19.4. The summed E-state index contributed by atoms with van der Waals surface area (Å²) < 4.78 is 37.6. The molecule has 0 bridgehead atoms. The van der Waals surface area contributed by atoms with Gasteiger partial charge >= 0.3 is 12.4 Å². The highest BCUT2D eigenvalue weighted by molar-refractivity contribution is 4.87. The summed E-state index contributed by atoms with van der Waals surface area (Å²) in [5, 5.41) is 0. The van der Waals surface area contributed by atoms with Gasteiger partial charge in [0.25, 0.3) is 0 Å². The lowest BCUT2D eigenvalue weighted by atomic mass is 11.0. The van der Waals surface area contributed by atoms with Crippen LogP contribution in [0.4, 0.5) is 13.2 Å². The van der Waals surface area contributed by atoms with Crippen molar-refractivity contribution in [3.05, 3.63) is 12.7 Å². The van der Waals surface area contributed by atoms with Crippen LogP contribution in [-0.2, 0) is 0 Å². The normalized spacial score (nSPS) is 11.2. The Bertz CT molecular complexity index is 224. The second kappa shape index (κ2) is 2.69. The molecule has 0 saturated carbocycles. The molecule has 0 aliphatic carbocycles. The molecule has 0 spiro atoms. The van der Waals surface area contributed by atoms with E-state index in [9.17, 15) is 13.2 Å². The summed E-state index contributed by atoms with van der Waals surface area (Å²) >= 11 is 0. The van der Waals surface area contributed by atoms with E-state index in [1.54, 1.807) is 0 Å². The monoisotopic (exact) mass is 165 g/mol. The molecule has 0 fully saturated rings. The Hall–Kier alpha value is -1.40. The van der Waals surface area contributed by atoms with Gasteiger partial charge in [-0.2, -0.15) is 9.97 Å². The third-order valence-corrected chi connectivity index (χ3v) is 0.677. The minimum absolute atomic E-state index is 0.757. The third kappa shape index (κ3) is 2.78. The molecular formula is C4H2F3N3O. The van der Waals surface area contributed by atoms with E-state index in [2.05, 4.69) is 19.7 Å². The minimum Gasteiger partial charge on any atom is -0.370 e. The molecule has 0 atom stereocenters. The Kier molecular flexibility index (Phi) is 1.88. The molecule has 0 amide bonds. The first-order valence-corrected chi connectivity index (χ1v) is 2.46. The van der Waals surface area contributed by atoms with Gasteiger partial charge in [-0.3, -0.25) is 0 Å². The zero-order valence-electron chi connectivity index (χ0n) is 5.04. The van der Waals surface area contributed by atoms with E-state index >= 15 is 0 Å². The van der Waals surface area contributed by atoms with Gasteiger partial charge in [0.2, 0.25) is 0 Å². The van der Waals surface area contributed by atoms with Crippen molar-refractivity contribution in [1.82, 2.24) is 15.0 Å². The highest BCUT2D eigenvalue weighted by Gasteiger charge is 2.32. The summed E-state index contributed by atoms with van der Waals surface area (Å²) in [6.07, 6.45) is -2.93. The summed E-state index contributed by atoms with van der Waals surface area (Å²) in [5.74, 6) is 0. The smallest absolute Gasteiger partial charge is 0.370 e. The van der Waals surface area contributed by atoms with Crippen LogP contribution in [0.1, 0.15) is 0 Å². The van der Waals surface area contributed by atoms with E-state index in [-0.39, 0.29) is 0 Å². The highest BCUT2D eigenvalue weighted by Crippen LogP contribution is 2.17. The van der Waals surface area contributed by atoms with Gasteiger partial charge in [0, 0.05) is 0 Å². The van der Waals surface area contributed by atoms with Crippen LogP contribution in [-0.4, -0.2) is 21.3 Å². The Morgan fingerprint density at radius 1 is 1.18 bits per heavy atom. The number of alkyl halides is 3. The van der Waals surface area contributed by atoms with Gasteiger partial charge < -0.3 is 4.74 Å². The molecule has 60 valence electrons. The summed E-state index contributed by atoms with van der Waals surface area (Å²) in [6.45, 7) is 0. The summed E-state index contributed by atoms with van der Waals surface area (Å²) in [5.41, 5.74) is 0. The molecule has 7 heteroatoms. The predicted octanol–water partition coefficient (Wildman–Crippen LogP) is 0.770. The van der Waals surface area contributed by atoms with E-state index in [0.29, 0.717) is 0 Å². The van der Waals surface area contributed by atoms with Crippen LogP contribution < -0.4 is 4.74 Å². The van der Waals surface area contributed by atoms with Crippen LogP contribution in [0.5, 0.6) is 6.01 Å². The van der Waals surface area contributed by atoms with E-state index in [4.69, 9.17) is 0 Å². The van der Waals surface area contributed by atoms with E-state index in [0.717, 1.165) is 12.7 Å². The number of nitrogens with zero attached hydrogens (tertiary/aromatic N) is 3. The van der Waals surface area contributed by atoms with Gasteiger partial charge in [0.1, 0.15) is 12.7 Å². The average Bonchev–Trinajstić information content (AvgIpc) is 1.85. The predicted molar refractivity (Wildman–Crippen MR) is 26.5 cm³/mol. The second-order valence-corrected chi connectivity index (χ2v) is 1.47. The van der Waals surface area contributed by atoms with Crippen molar-refractivity contribution in [2.75, 3.05) is 0 Å². The Labute approximate surface area is 59.1 Å². The quantitative estimate of drug-likeness (QED) is 0.616. The third-order valence-electron chi connectivity index (χ3n) is 0.677. The molecule has 4 nitrogen and oxygen atoms in total. The number of halogens is 3. The molecule has 1 aromatic heterocycles. The van der Waals surface area contributed by atoms with Crippen LogP contribution in [0, 0.1) is 0 Å². The van der Waals surface area contributed by atoms with Crippen molar-refractivity contribution < 1.29 is 17.9 Å². The fourth-order valence-electron chi connectivity index (χ4n) is 0.385. The SMILES string of the molecule is FC(F)(F)Oc1ncncn1. The summed E-state index contributed by atoms with van der Waals surface area (Å²) in [6, 6.07) is -0.757. The fourth-order valence-corrected chi connectivity index (χ4v) is 0.385. The van der Waals surface area contributed by atoms with E-state index < -0.39 is 12.4 Å². The largest absolute Gasteiger partial charge is 0.575 e. The Morgan fingerprint density at radius 2 is 1.73 bits per heavy atom. The molecule has 0 aromatic carbocycles. The van der Waals surface area contributed by atoms with E-state index in [1.165, 1.54) is 0 Å². The number of rotatable bonds is 1. The number of aromatic nitrogens is 3. The maximum atomic E-state index is 11.4.